The number of aryl methyl sites for hydroxylation is 3. The average molecular weight is 229 g/mol. The highest BCUT2D eigenvalue weighted by Gasteiger charge is 2.11. The zero-order chi connectivity index (χ0) is 12.4. The summed E-state index contributed by atoms with van der Waals surface area (Å²) in [6.07, 6.45) is 0. The summed E-state index contributed by atoms with van der Waals surface area (Å²) in [6, 6.07) is 9.35. The van der Waals surface area contributed by atoms with Crippen LogP contribution in [0.25, 0.3) is 0 Å². The number of hydrogen-bond acceptors (Lipinski definition) is 2. The Balaban J connectivity index is 2.18. The highest BCUT2D eigenvalue weighted by Crippen LogP contribution is 2.17. The van der Waals surface area contributed by atoms with Gasteiger partial charge in [0.25, 0.3) is 5.91 Å². The molecule has 0 unspecified atom stereocenters. The first-order chi connectivity index (χ1) is 8.06. The summed E-state index contributed by atoms with van der Waals surface area (Å²) in [5.74, 6) is 0.850. The Morgan fingerprint density at radius 1 is 1.12 bits per heavy atom. The maximum Gasteiger partial charge on any atom is 0.291 e. The van der Waals surface area contributed by atoms with Crippen LogP contribution >= 0.6 is 0 Å². The number of nitrogens with one attached hydrogen (secondary N) is 1. The van der Waals surface area contributed by atoms with Gasteiger partial charge < -0.3 is 9.73 Å². The van der Waals surface area contributed by atoms with Gasteiger partial charge in [-0.05, 0) is 44.5 Å². The zero-order valence-electron chi connectivity index (χ0n) is 10.2. The van der Waals surface area contributed by atoms with Crippen LogP contribution in [0, 0.1) is 20.8 Å². The van der Waals surface area contributed by atoms with E-state index in [-0.39, 0.29) is 5.91 Å². The van der Waals surface area contributed by atoms with Crippen molar-refractivity contribution in [3.8, 4) is 0 Å². The van der Waals surface area contributed by atoms with Crippen molar-refractivity contribution >= 4 is 11.6 Å². The van der Waals surface area contributed by atoms with Crippen LogP contribution in [0.5, 0.6) is 0 Å². The molecule has 0 aliphatic rings. The van der Waals surface area contributed by atoms with Gasteiger partial charge in [0, 0.05) is 5.69 Å². The number of carbonyl (C=O) groups excluding carboxylic acids is 1. The minimum atomic E-state index is -0.218. The molecule has 0 radical (unpaired) electrons. The van der Waals surface area contributed by atoms with Crippen LogP contribution in [0.15, 0.2) is 34.7 Å². The summed E-state index contributed by atoms with van der Waals surface area (Å²) in [6.45, 7) is 5.80. The Bertz CT molecular complexity index is 555. The van der Waals surface area contributed by atoms with E-state index in [2.05, 4.69) is 5.32 Å². The summed E-state index contributed by atoms with van der Waals surface area (Å²) < 4.78 is 5.27. The Kier molecular flexibility index (Phi) is 3.00. The SMILES string of the molecule is Cc1ccc(NC(=O)c2ccc(C)o2)c(C)c1. The van der Waals surface area contributed by atoms with Crippen LogP contribution < -0.4 is 5.32 Å². The molecule has 1 heterocycles. The van der Waals surface area contributed by atoms with Crippen molar-refractivity contribution in [3.63, 3.8) is 0 Å². The largest absolute Gasteiger partial charge is 0.456 e. The van der Waals surface area contributed by atoms with E-state index in [1.165, 1.54) is 5.56 Å². The number of furan rings is 1. The van der Waals surface area contributed by atoms with Crippen molar-refractivity contribution in [2.75, 3.05) is 5.32 Å². The fourth-order valence-corrected chi connectivity index (χ4v) is 1.69. The van der Waals surface area contributed by atoms with Gasteiger partial charge in [-0.1, -0.05) is 17.7 Å². The molecule has 0 aliphatic heterocycles. The molecule has 3 heteroatoms. The van der Waals surface area contributed by atoms with E-state index in [1.54, 1.807) is 12.1 Å². The molecule has 2 rings (SSSR count). The number of hydrogen-bond donors (Lipinski definition) is 1. The van der Waals surface area contributed by atoms with Crippen LogP contribution in [0.4, 0.5) is 5.69 Å². The molecule has 1 aromatic carbocycles. The highest BCUT2D eigenvalue weighted by molar-refractivity contribution is 6.02. The van der Waals surface area contributed by atoms with Gasteiger partial charge in [-0.15, -0.1) is 0 Å². The van der Waals surface area contributed by atoms with Crippen LogP contribution in [0.3, 0.4) is 0 Å². The van der Waals surface area contributed by atoms with Gasteiger partial charge in [0.1, 0.15) is 5.76 Å². The van der Waals surface area contributed by atoms with Gasteiger partial charge in [-0.2, -0.15) is 0 Å². The van der Waals surface area contributed by atoms with Crippen LogP contribution in [0.1, 0.15) is 27.4 Å². The molecular formula is C14H15NO2. The van der Waals surface area contributed by atoms with Crippen molar-refractivity contribution in [2.45, 2.75) is 20.8 Å². The summed E-state index contributed by atoms with van der Waals surface area (Å²) in [5.41, 5.74) is 3.03. The zero-order valence-corrected chi connectivity index (χ0v) is 10.2. The number of amides is 1. The number of anilines is 1. The molecule has 0 saturated heterocycles. The standard InChI is InChI=1S/C14H15NO2/c1-9-4-6-12(10(2)8-9)15-14(16)13-7-5-11(3)17-13/h4-8H,1-3H3,(H,15,16). The fourth-order valence-electron chi connectivity index (χ4n) is 1.69. The van der Waals surface area contributed by atoms with Gasteiger partial charge in [-0.25, -0.2) is 0 Å². The topological polar surface area (TPSA) is 42.2 Å². The monoisotopic (exact) mass is 229 g/mol. The molecule has 3 nitrogen and oxygen atoms in total. The highest BCUT2D eigenvalue weighted by atomic mass is 16.3. The first kappa shape index (κ1) is 11.5. The van der Waals surface area contributed by atoms with E-state index in [9.17, 15) is 4.79 Å². The fraction of sp³-hybridized carbons (Fsp3) is 0.214. The van der Waals surface area contributed by atoms with Crippen molar-refractivity contribution < 1.29 is 9.21 Å². The normalized spacial score (nSPS) is 10.3. The lowest BCUT2D eigenvalue weighted by atomic mass is 10.1. The minimum absolute atomic E-state index is 0.218. The molecule has 0 bridgehead atoms. The first-order valence-corrected chi connectivity index (χ1v) is 5.51. The van der Waals surface area contributed by atoms with Gasteiger partial charge >= 0.3 is 0 Å². The Morgan fingerprint density at radius 2 is 1.88 bits per heavy atom. The van der Waals surface area contributed by atoms with Gasteiger partial charge in [0.05, 0.1) is 0 Å². The molecule has 1 N–H and O–H groups in total. The smallest absolute Gasteiger partial charge is 0.291 e. The van der Waals surface area contributed by atoms with Crippen molar-refractivity contribution in [1.82, 2.24) is 0 Å². The van der Waals surface area contributed by atoms with Gasteiger partial charge in [-0.3, -0.25) is 4.79 Å². The number of benzene rings is 1. The molecular weight excluding hydrogens is 214 g/mol. The van der Waals surface area contributed by atoms with Crippen LogP contribution in [-0.4, -0.2) is 5.91 Å². The molecule has 0 spiro atoms. The maximum absolute atomic E-state index is 11.9. The van der Waals surface area contributed by atoms with Gasteiger partial charge in [0.15, 0.2) is 5.76 Å². The quantitative estimate of drug-likeness (QED) is 0.856. The predicted octanol–water partition coefficient (Wildman–Crippen LogP) is 3.46. The molecule has 88 valence electrons. The predicted molar refractivity (Wildman–Crippen MR) is 67.3 cm³/mol. The van der Waals surface area contributed by atoms with E-state index >= 15 is 0 Å². The number of rotatable bonds is 2. The molecule has 1 amide bonds. The molecule has 0 saturated carbocycles. The maximum atomic E-state index is 11.9. The van der Waals surface area contributed by atoms with E-state index in [0.29, 0.717) is 5.76 Å². The average Bonchev–Trinajstić information content (AvgIpc) is 2.69. The van der Waals surface area contributed by atoms with Crippen molar-refractivity contribution in [1.29, 1.82) is 0 Å². The summed E-state index contributed by atoms with van der Waals surface area (Å²) >= 11 is 0. The number of carbonyl (C=O) groups is 1. The molecule has 0 fully saturated rings. The summed E-state index contributed by atoms with van der Waals surface area (Å²) in [5, 5.41) is 2.83. The van der Waals surface area contributed by atoms with Crippen LogP contribution in [0.2, 0.25) is 0 Å². The lowest BCUT2D eigenvalue weighted by Gasteiger charge is -2.07. The third kappa shape index (κ3) is 2.56. The van der Waals surface area contributed by atoms with E-state index in [0.717, 1.165) is 17.0 Å². The molecule has 17 heavy (non-hydrogen) atoms. The van der Waals surface area contributed by atoms with Gasteiger partial charge in [0.2, 0.25) is 0 Å². The first-order valence-electron chi connectivity index (χ1n) is 5.51. The van der Waals surface area contributed by atoms with E-state index < -0.39 is 0 Å². The second-order valence-electron chi connectivity index (χ2n) is 4.18. The molecule has 1 aromatic heterocycles. The molecule has 0 aliphatic carbocycles. The van der Waals surface area contributed by atoms with Crippen molar-refractivity contribution in [2.24, 2.45) is 0 Å². The Hall–Kier alpha value is -2.03. The van der Waals surface area contributed by atoms with E-state index in [1.807, 2.05) is 39.0 Å². The molecule has 0 atom stereocenters. The van der Waals surface area contributed by atoms with E-state index in [4.69, 9.17) is 4.42 Å². The van der Waals surface area contributed by atoms with Crippen molar-refractivity contribution in [3.05, 3.63) is 53.0 Å². The third-order valence-electron chi connectivity index (χ3n) is 2.59. The second-order valence-corrected chi connectivity index (χ2v) is 4.18. The molecule has 2 aromatic rings. The summed E-state index contributed by atoms with van der Waals surface area (Å²) in [7, 11) is 0. The summed E-state index contributed by atoms with van der Waals surface area (Å²) in [4.78, 5) is 11.9. The van der Waals surface area contributed by atoms with Crippen LogP contribution in [-0.2, 0) is 0 Å². The lowest BCUT2D eigenvalue weighted by molar-refractivity contribution is 0.0995. The minimum Gasteiger partial charge on any atom is -0.456 e. The third-order valence-corrected chi connectivity index (χ3v) is 2.59. The second kappa shape index (κ2) is 4.45. The Labute approximate surface area is 100 Å². The Morgan fingerprint density at radius 3 is 2.47 bits per heavy atom. The lowest BCUT2D eigenvalue weighted by Crippen LogP contribution is -2.11.